The number of ether oxygens (including phenoxy) is 1. The van der Waals surface area contributed by atoms with Gasteiger partial charge in [0, 0.05) is 17.4 Å². The second kappa shape index (κ2) is 7.60. The van der Waals surface area contributed by atoms with E-state index in [1.54, 1.807) is 0 Å². The number of hydrogen-bond acceptors (Lipinski definition) is 5. The van der Waals surface area contributed by atoms with Crippen LogP contribution in [0.5, 0.6) is 5.75 Å². The molecular weight excluding hydrogens is 372 g/mol. The van der Waals surface area contributed by atoms with Crippen molar-refractivity contribution in [1.82, 2.24) is 0 Å². The normalized spacial score (nSPS) is 25.7. The Morgan fingerprint density at radius 2 is 2.00 bits per heavy atom. The third-order valence-corrected chi connectivity index (χ3v) is 7.51. The third kappa shape index (κ3) is 4.23. The van der Waals surface area contributed by atoms with Gasteiger partial charge in [0.1, 0.15) is 5.75 Å². The lowest BCUT2D eigenvalue weighted by atomic mass is 10.1. The molecule has 0 aromatic heterocycles. The van der Waals surface area contributed by atoms with E-state index in [9.17, 15) is 13.2 Å². The predicted octanol–water partition coefficient (Wildman–Crippen LogP) is 2.73. The maximum atomic E-state index is 12.2. The van der Waals surface area contributed by atoms with Gasteiger partial charge in [-0.25, -0.2) is 8.42 Å². The van der Waals surface area contributed by atoms with Crippen LogP contribution in [0.2, 0.25) is 0 Å². The quantitative estimate of drug-likeness (QED) is 0.762. The fourth-order valence-electron chi connectivity index (χ4n) is 3.24. The zero-order chi connectivity index (χ0) is 18.9. The molecule has 2 aliphatic heterocycles. The first-order chi connectivity index (χ1) is 12.3. The van der Waals surface area contributed by atoms with Gasteiger partial charge >= 0.3 is 0 Å². The Hall–Kier alpha value is -1.54. The lowest BCUT2D eigenvalue weighted by Crippen LogP contribution is -2.37. The largest absolute Gasteiger partial charge is 0.494 e. The van der Waals surface area contributed by atoms with Gasteiger partial charge in [0.25, 0.3) is 0 Å². The summed E-state index contributed by atoms with van der Waals surface area (Å²) in [5, 5.41) is 0.516. The average Bonchev–Trinajstić information content (AvgIpc) is 2.98. The lowest BCUT2D eigenvalue weighted by Gasteiger charge is -2.24. The van der Waals surface area contributed by atoms with Crippen molar-refractivity contribution >= 4 is 38.4 Å². The lowest BCUT2D eigenvalue weighted by molar-refractivity contribution is -0.118. The second-order valence-corrected chi connectivity index (χ2v) is 10.3. The topological polar surface area (TPSA) is 76.0 Å². The zero-order valence-electron chi connectivity index (χ0n) is 15.2. The summed E-state index contributed by atoms with van der Waals surface area (Å²) in [4.78, 5) is 18.4. The van der Waals surface area contributed by atoms with Crippen molar-refractivity contribution in [2.24, 2.45) is 10.9 Å². The summed E-state index contributed by atoms with van der Waals surface area (Å²) in [7, 11) is -3.06. The van der Waals surface area contributed by atoms with Crippen LogP contribution in [0.3, 0.4) is 0 Å². The highest BCUT2D eigenvalue weighted by atomic mass is 32.2. The molecule has 6 nitrogen and oxygen atoms in total. The molecule has 1 aromatic rings. The van der Waals surface area contributed by atoms with Gasteiger partial charge in [0.05, 0.1) is 24.2 Å². The molecule has 2 atom stereocenters. The fourth-order valence-corrected chi connectivity index (χ4v) is 7.17. The SMILES string of the molecule is CCOc1ccc(N2C(=NC(=O)CC(C)C)SC3CS(=O)(=O)CC32)cc1. The summed E-state index contributed by atoms with van der Waals surface area (Å²) in [6.07, 6.45) is 0.384. The summed E-state index contributed by atoms with van der Waals surface area (Å²) >= 11 is 1.40. The number of hydrogen-bond donors (Lipinski definition) is 0. The molecule has 0 spiro atoms. The summed E-state index contributed by atoms with van der Waals surface area (Å²) in [5.41, 5.74) is 0.835. The Labute approximate surface area is 158 Å². The molecule has 26 heavy (non-hydrogen) atoms. The van der Waals surface area contributed by atoms with Crippen LogP contribution in [0, 0.1) is 5.92 Å². The van der Waals surface area contributed by atoms with E-state index in [1.807, 2.05) is 49.9 Å². The van der Waals surface area contributed by atoms with Crippen molar-refractivity contribution in [2.75, 3.05) is 23.0 Å². The van der Waals surface area contributed by atoms with Crippen LogP contribution in [0.15, 0.2) is 29.3 Å². The number of amides is 1. The third-order valence-electron chi connectivity index (χ3n) is 4.30. The zero-order valence-corrected chi connectivity index (χ0v) is 16.8. The number of amidine groups is 1. The number of benzene rings is 1. The minimum Gasteiger partial charge on any atom is -0.494 e. The minimum absolute atomic E-state index is 0.0860. The summed E-state index contributed by atoms with van der Waals surface area (Å²) in [6, 6.07) is 7.30. The number of anilines is 1. The molecule has 2 unspecified atom stereocenters. The smallest absolute Gasteiger partial charge is 0.248 e. The van der Waals surface area contributed by atoms with E-state index in [0.717, 1.165) is 11.4 Å². The molecule has 2 heterocycles. The van der Waals surface area contributed by atoms with E-state index in [4.69, 9.17) is 4.74 Å². The molecule has 142 valence electrons. The average molecular weight is 397 g/mol. The summed E-state index contributed by atoms with van der Waals surface area (Å²) < 4.78 is 29.6. The molecule has 2 aliphatic rings. The Morgan fingerprint density at radius 1 is 1.31 bits per heavy atom. The molecule has 0 bridgehead atoms. The Kier molecular flexibility index (Phi) is 5.62. The molecule has 8 heteroatoms. The molecule has 0 N–H and O–H groups in total. The first-order valence-electron chi connectivity index (χ1n) is 8.79. The molecule has 0 aliphatic carbocycles. The van der Waals surface area contributed by atoms with Gasteiger partial charge in [-0.05, 0) is 37.1 Å². The van der Waals surface area contributed by atoms with E-state index < -0.39 is 9.84 Å². The number of fused-ring (bicyclic) bond motifs is 1. The predicted molar refractivity (Wildman–Crippen MR) is 106 cm³/mol. The molecule has 1 aromatic carbocycles. The number of rotatable bonds is 5. The van der Waals surface area contributed by atoms with E-state index in [0.29, 0.717) is 18.2 Å². The van der Waals surface area contributed by atoms with Crippen LogP contribution in [0.25, 0.3) is 0 Å². The van der Waals surface area contributed by atoms with Crippen LogP contribution >= 0.6 is 11.8 Å². The van der Waals surface area contributed by atoms with Gasteiger partial charge < -0.3 is 9.64 Å². The highest BCUT2D eigenvalue weighted by Gasteiger charge is 2.49. The standard InChI is InChI=1S/C18H24N2O4S2/c1-4-24-14-7-5-13(6-8-14)20-15-10-26(22,23)11-16(15)25-18(20)19-17(21)9-12(2)3/h5-8,12,15-16H,4,9-11H2,1-3H3. The van der Waals surface area contributed by atoms with Crippen LogP contribution in [0.4, 0.5) is 5.69 Å². The second-order valence-electron chi connectivity index (χ2n) is 6.98. The highest BCUT2D eigenvalue weighted by Crippen LogP contribution is 2.41. The number of carbonyl (C=O) groups excluding carboxylic acids is 1. The van der Waals surface area contributed by atoms with Crippen LogP contribution in [-0.2, 0) is 14.6 Å². The van der Waals surface area contributed by atoms with Crippen molar-refractivity contribution < 1.29 is 17.9 Å². The fraction of sp³-hybridized carbons (Fsp3) is 0.556. The van der Waals surface area contributed by atoms with Crippen molar-refractivity contribution in [3.63, 3.8) is 0 Å². The van der Waals surface area contributed by atoms with E-state index in [-0.39, 0.29) is 34.6 Å². The first kappa shape index (κ1) is 19.2. The number of aliphatic imine (C=N–C) groups is 1. The molecule has 2 fully saturated rings. The van der Waals surface area contributed by atoms with Gasteiger partial charge in [-0.3, -0.25) is 4.79 Å². The number of nitrogens with zero attached hydrogens (tertiary/aromatic N) is 2. The van der Waals surface area contributed by atoms with Crippen molar-refractivity contribution in [1.29, 1.82) is 0 Å². The Morgan fingerprint density at radius 3 is 2.62 bits per heavy atom. The maximum absolute atomic E-state index is 12.2. The molecule has 0 radical (unpaired) electrons. The molecule has 2 saturated heterocycles. The van der Waals surface area contributed by atoms with E-state index in [1.165, 1.54) is 11.8 Å². The van der Waals surface area contributed by atoms with Gasteiger partial charge in [0.2, 0.25) is 5.91 Å². The summed E-state index contributed by atoms with van der Waals surface area (Å²) in [6.45, 7) is 6.46. The van der Waals surface area contributed by atoms with Crippen LogP contribution in [-0.4, -0.2) is 48.9 Å². The van der Waals surface area contributed by atoms with E-state index >= 15 is 0 Å². The highest BCUT2D eigenvalue weighted by molar-refractivity contribution is 8.16. The monoisotopic (exact) mass is 396 g/mol. The number of carbonyl (C=O) groups is 1. The first-order valence-corrected chi connectivity index (χ1v) is 11.5. The summed E-state index contributed by atoms with van der Waals surface area (Å²) in [5.74, 6) is 1.05. The van der Waals surface area contributed by atoms with Gasteiger partial charge in [0.15, 0.2) is 15.0 Å². The molecule has 3 rings (SSSR count). The molecule has 0 saturated carbocycles. The Balaban J connectivity index is 1.92. The maximum Gasteiger partial charge on any atom is 0.248 e. The van der Waals surface area contributed by atoms with Gasteiger partial charge in [-0.15, -0.1) is 0 Å². The van der Waals surface area contributed by atoms with Crippen LogP contribution in [0.1, 0.15) is 27.2 Å². The van der Waals surface area contributed by atoms with Gasteiger partial charge in [-0.2, -0.15) is 4.99 Å². The van der Waals surface area contributed by atoms with Gasteiger partial charge in [-0.1, -0.05) is 25.6 Å². The van der Waals surface area contributed by atoms with Crippen molar-refractivity contribution in [3.05, 3.63) is 24.3 Å². The Bertz CT molecular complexity index is 803. The molecular formula is C18H24N2O4S2. The number of thioether (sulfide) groups is 1. The van der Waals surface area contributed by atoms with E-state index in [2.05, 4.69) is 4.99 Å². The number of sulfone groups is 1. The molecule has 1 amide bonds. The minimum atomic E-state index is -3.06. The van der Waals surface area contributed by atoms with Crippen LogP contribution < -0.4 is 9.64 Å². The van der Waals surface area contributed by atoms with Crippen molar-refractivity contribution in [2.45, 2.75) is 38.5 Å². The van der Waals surface area contributed by atoms with Crippen molar-refractivity contribution in [3.8, 4) is 5.75 Å².